The zero-order chi connectivity index (χ0) is 15.5. The van der Waals surface area contributed by atoms with Gasteiger partial charge in [-0.3, -0.25) is 4.90 Å². The largest absolute Gasteiger partial charge is 0.308 e. The number of rotatable bonds is 4. The monoisotopic (exact) mass is 288 g/mol. The Kier molecular flexibility index (Phi) is 5.11. The van der Waals surface area contributed by atoms with Crippen molar-refractivity contribution >= 4 is 0 Å². The summed E-state index contributed by atoms with van der Waals surface area (Å²) < 4.78 is 0. The van der Waals surface area contributed by atoms with Gasteiger partial charge in [0.15, 0.2) is 0 Å². The van der Waals surface area contributed by atoms with E-state index in [-0.39, 0.29) is 5.54 Å². The van der Waals surface area contributed by atoms with Crippen LogP contribution in [-0.2, 0) is 0 Å². The van der Waals surface area contributed by atoms with Gasteiger partial charge in [0.25, 0.3) is 0 Å². The first kappa shape index (κ1) is 16.5. The lowest BCUT2D eigenvalue weighted by Crippen LogP contribution is -2.59. The van der Waals surface area contributed by atoms with Gasteiger partial charge in [-0.25, -0.2) is 0 Å². The van der Waals surface area contributed by atoms with Crippen LogP contribution in [0.2, 0.25) is 0 Å². The van der Waals surface area contributed by atoms with Gasteiger partial charge in [0.05, 0.1) is 0 Å². The van der Waals surface area contributed by atoms with Crippen LogP contribution in [0.3, 0.4) is 0 Å². The maximum atomic E-state index is 3.78. The molecule has 0 saturated carbocycles. The third-order valence-corrected chi connectivity index (χ3v) is 4.83. The number of nitrogens with one attached hydrogen (secondary N) is 1. The molecule has 1 aliphatic rings. The van der Waals surface area contributed by atoms with Crippen LogP contribution in [0, 0.1) is 5.41 Å². The first-order valence-corrected chi connectivity index (χ1v) is 8.37. The highest BCUT2D eigenvalue weighted by Crippen LogP contribution is 2.30. The van der Waals surface area contributed by atoms with Crippen LogP contribution in [0.15, 0.2) is 30.3 Å². The van der Waals surface area contributed by atoms with Crippen LogP contribution in [0.5, 0.6) is 0 Å². The topological polar surface area (TPSA) is 15.3 Å². The molecule has 21 heavy (non-hydrogen) atoms. The van der Waals surface area contributed by atoms with Crippen molar-refractivity contribution in [2.45, 2.75) is 59.0 Å². The van der Waals surface area contributed by atoms with Crippen molar-refractivity contribution in [1.82, 2.24) is 10.2 Å². The molecule has 0 radical (unpaired) electrons. The summed E-state index contributed by atoms with van der Waals surface area (Å²) in [6.07, 6.45) is 2.43. The van der Waals surface area contributed by atoms with Gasteiger partial charge in [0.1, 0.15) is 0 Å². The number of nitrogens with zero attached hydrogens (tertiary/aromatic N) is 1. The van der Waals surface area contributed by atoms with Gasteiger partial charge in [0.2, 0.25) is 0 Å². The third kappa shape index (κ3) is 4.55. The molecule has 1 heterocycles. The molecule has 2 atom stereocenters. The first-order chi connectivity index (χ1) is 9.83. The van der Waals surface area contributed by atoms with E-state index in [0.717, 1.165) is 13.1 Å². The zero-order valence-corrected chi connectivity index (χ0v) is 14.4. The molecule has 2 rings (SSSR count). The van der Waals surface area contributed by atoms with E-state index in [9.17, 15) is 0 Å². The van der Waals surface area contributed by atoms with Crippen molar-refractivity contribution in [2.24, 2.45) is 5.41 Å². The molecule has 0 bridgehead atoms. The van der Waals surface area contributed by atoms with Crippen molar-refractivity contribution in [3.8, 4) is 0 Å². The Morgan fingerprint density at radius 1 is 1.24 bits per heavy atom. The van der Waals surface area contributed by atoms with E-state index in [1.807, 2.05) is 0 Å². The molecule has 1 saturated heterocycles. The SMILES string of the molecule is CCC1(C)CN(CCC(C)(C)C)C(c2ccccc2)CN1. The smallest absolute Gasteiger partial charge is 0.0473 e. The Morgan fingerprint density at radius 2 is 1.90 bits per heavy atom. The highest BCUT2D eigenvalue weighted by Gasteiger charge is 2.35. The average molecular weight is 288 g/mol. The minimum atomic E-state index is 0.253. The molecule has 0 spiro atoms. The molecular formula is C19H32N2. The second-order valence-electron chi connectivity index (χ2n) is 8.00. The first-order valence-electron chi connectivity index (χ1n) is 8.37. The predicted octanol–water partition coefficient (Wildman–Crippen LogP) is 4.24. The minimum absolute atomic E-state index is 0.253. The molecule has 0 amide bonds. The second kappa shape index (κ2) is 6.50. The molecule has 2 nitrogen and oxygen atoms in total. The van der Waals surface area contributed by atoms with E-state index in [4.69, 9.17) is 0 Å². The molecule has 0 aliphatic carbocycles. The zero-order valence-electron chi connectivity index (χ0n) is 14.4. The number of hydrogen-bond acceptors (Lipinski definition) is 2. The molecular weight excluding hydrogens is 256 g/mol. The Hall–Kier alpha value is -0.860. The molecule has 1 aliphatic heterocycles. The highest BCUT2D eigenvalue weighted by atomic mass is 15.2. The summed E-state index contributed by atoms with van der Waals surface area (Å²) in [5.41, 5.74) is 2.09. The molecule has 2 unspecified atom stereocenters. The van der Waals surface area contributed by atoms with Crippen LogP contribution in [0.25, 0.3) is 0 Å². The van der Waals surface area contributed by atoms with Crippen molar-refractivity contribution < 1.29 is 0 Å². The van der Waals surface area contributed by atoms with E-state index in [2.05, 4.69) is 75.2 Å². The van der Waals surface area contributed by atoms with Gasteiger partial charge in [-0.15, -0.1) is 0 Å². The predicted molar refractivity (Wildman–Crippen MR) is 91.5 cm³/mol. The summed E-state index contributed by atoms with van der Waals surface area (Å²) in [6, 6.07) is 11.5. The molecule has 1 aromatic carbocycles. The van der Waals surface area contributed by atoms with Crippen LogP contribution in [-0.4, -0.2) is 30.1 Å². The Balaban J connectivity index is 2.14. The van der Waals surface area contributed by atoms with Crippen molar-refractivity contribution in [1.29, 1.82) is 0 Å². The third-order valence-electron chi connectivity index (χ3n) is 4.83. The van der Waals surface area contributed by atoms with Gasteiger partial charge >= 0.3 is 0 Å². The summed E-state index contributed by atoms with van der Waals surface area (Å²) in [5.74, 6) is 0. The summed E-state index contributed by atoms with van der Waals surface area (Å²) in [5, 5.41) is 3.78. The van der Waals surface area contributed by atoms with Crippen LogP contribution < -0.4 is 5.32 Å². The van der Waals surface area contributed by atoms with Crippen LogP contribution in [0.4, 0.5) is 0 Å². The quantitative estimate of drug-likeness (QED) is 0.891. The summed E-state index contributed by atoms with van der Waals surface area (Å²) >= 11 is 0. The molecule has 118 valence electrons. The second-order valence-corrected chi connectivity index (χ2v) is 8.00. The lowest BCUT2D eigenvalue weighted by atomic mass is 9.88. The fourth-order valence-electron chi connectivity index (χ4n) is 3.04. The molecule has 2 heteroatoms. The fourth-order valence-corrected chi connectivity index (χ4v) is 3.04. The van der Waals surface area contributed by atoms with E-state index in [1.54, 1.807) is 0 Å². The van der Waals surface area contributed by atoms with Crippen molar-refractivity contribution in [2.75, 3.05) is 19.6 Å². The molecule has 0 aromatic heterocycles. The molecule has 1 N–H and O–H groups in total. The van der Waals surface area contributed by atoms with Crippen molar-refractivity contribution in [3.63, 3.8) is 0 Å². The van der Waals surface area contributed by atoms with Gasteiger partial charge in [0, 0.05) is 24.7 Å². The maximum Gasteiger partial charge on any atom is 0.0473 e. The van der Waals surface area contributed by atoms with Crippen LogP contribution >= 0.6 is 0 Å². The fraction of sp³-hybridized carbons (Fsp3) is 0.684. The standard InChI is InChI=1S/C19H32N2/c1-6-19(5)15-21(13-12-18(2,3)4)17(14-20-19)16-10-8-7-9-11-16/h7-11,17,20H,6,12-15H2,1-5H3. The maximum absolute atomic E-state index is 3.78. The number of hydrogen-bond donors (Lipinski definition) is 1. The normalized spacial score (nSPS) is 27.8. The lowest BCUT2D eigenvalue weighted by Gasteiger charge is -2.47. The number of benzene rings is 1. The lowest BCUT2D eigenvalue weighted by molar-refractivity contribution is 0.0736. The van der Waals surface area contributed by atoms with Gasteiger partial charge in [-0.2, -0.15) is 0 Å². The van der Waals surface area contributed by atoms with E-state index >= 15 is 0 Å². The Bertz CT molecular complexity index is 435. The summed E-state index contributed by atoms with van der Waals surface area (Å²) in [6.45, 7) is 15.0. The van der Waals surface area contributed by atoms with Gasteiger partial charge in [-0.1, -0.05) is 58.0 Å². The summed E-state index contributed by atoms with van der Waals surface area (Å²) in [4.78, 5) is 2.70. The van der Waals surface area contributed by atoms with Gasteiger partial charge < -0.3 is 5.32 Å². The van der Waals surface area contributed by atoms with Crippen LogP contribution in [0.1, 0.15) is 59.1 Å². The average Bonchev–Trinajstić information content (AvgIpc) is 2.45. The Morgan fingerprint density at radius 3 is 2.48 bits per heavy atom. The van der Waals surface area contributed by atoms with E-state index < -0.39 is 0 Å². The van der Waals surface area contributed by atoms with Gasteiger partial charge in [-0.05, 0) is 37.3 Å². The molecule has 1 aromatic rings. The summed E-state index contributed by atoms with van der Waals surface area (Å²) in [7, 11) is 0. The van der Waals surface area contributed by atoms with E-state index in [0.29, 0.717) is 11.5 Å². The molecule has 1 fully saturated rings. The Labute approximate surface area is 130 Å². The minimum Gasteiger partial charge on any atom is -0.308 e. The number of piperazine rings is 1. The highest BCUT2D eigenvalue weighted by molar-refractivity contribution is 5.21. The van der Waals surface area contributed by atoms with Crippen molar-refractivity contribution in [3.05, 3.63) is 35.9 Å². The van der Waals surface area contributed by atoms with E-state index in [1.165, 1.54) is 24.9 Å².